The number of hydrogen-bond donors (Lipinski definition) is 1. The van der Waals surface area contributed by atoms with Crippen molar-refractivity contribution in [2.24, 2.45) is 5.92 Å². The minimum atomic E-state index is -3.85. The number of likely N-dealkylation sites (N-methyl/N-ethyl adjacent to an activating group) is 1. The molecule has 3 fully saturated rings. The standard InChI is InChI=1S/C29H32ClF4N7/c1-3-39(4-2)16-14-41(15-16)27-37-25-19(26(38-27)40-10-8-35-9-11-40)13-36-24(23(25)29(30,33)34)17-6-5-7-20-22(17)18-12-21(18)28(20,31)32/h5-7,13,16,18,21,35H,3-4,8-12,14-15H2,1-2H3. The Labute approximate surface area is 240 Å². The highest BCUT2D eigenvalue weighted by Crippen LogP contribution is 2.68. The van der Waals surface area contributed by atoms with Crippen LogP contribution in [-0.4, -0.2) is 78.3 Å². The van der Waals surface area contributed by atoms with Crippen molar-refractivity contribution in [3.63, 3.8) is 0 Å². The second-order valence-electron chi connectivity index (χ2n) is 11.4. The van der Waals surface area contributed by atoms with Crippen molar-refractivity contribution in [2.45, 2.75) is 43.5 Å². The molecule has 12 heteroatoms. The summed E-state index contributed by atoms with van der Waals surface area (Å²) in [6.07, 6.45) is 1.84. The highest BCUT2D eigenvalue weighted by Gasteiger charge is 2.64. The molecule has 0 bridgehead atoms. The molecule has 2 aliphatic heterocycles. The summed E-state index contributed by atoms with van der Waals surface area (Å²) in [4.78, 5) is 20.5. The second kappa shape index (κ2) is 9.64. The third-order valence-electron chi connectivity index (χ3n) is 9.23. The Morgan fingerprint density at radius 3 is 2.51 bits per heavy atom. The minimum absolute atomic E-state index is 0.00882. The quantitative estimate of drug-likeness (QED) is 0.303. The zero-order valence-corrected chi connectivity index (χ0v) is 23.7. The summed E-state index contributed by atoms with van der Waals surface area (Å²) >= 11 is 5.84. The Bertz CT molecular complexity index is 1500. The van der Waals surface area contributed by atoms with Crippen molar-refractivity contribution in [1.82, 2.24) is 25.2 Å². The highest BCUT2D eigenvalue weighted by molar-refractivity contribution is 6.23. The molecule has 2 aromatic heterocycles. The van der Waals surface area contributed by atoms with E-state index >= 15 is 17.6 Å². The molecule has 1 aromatic carbocycles. The molecule has 0 spiro atoms. The summed E-state index contributed by atoms with van der Waals surface area (Å²) < 4.78 is 61.0. The molecule has 218 valence electrons. The van der Waals surface area contributed by atoms with Crippen LogP contribution in [0.2, 0.25) is 0 Å². The van der Waals surface area contributed by atoms with E-state index in [0.29, 0.717) is 61.4 Å². The zero-order chi connectivity index (χ0) is 28.7. The van der Waals surface area contributed by atoms with Gasteiger partial charge in [-0.1, -0.05) is 32.0 Å². The monoisotopic (exact) mass is 589 g/mol. The van der Waals surface area contributed by atoms with Gasteiger partial charge in [0.05, 0.1) is 22.2 Å². The van der Waals surface area contributed by atoms with Gasteiger partial charge in [0.1, 0.15) is 5.82 Å². The van der Waals surface area contributed by atoms with Crippen molar-refractivity contribution in [1.29, 1.82) is 0 Å². The molecule has 1 saturated carbocycles. The van der Waals surface area contributed by atoms with E-state index in [9.17, 15) is 0 Å². The first-order valence-electron chi connectivity index (χ1n) is 14.4. The highest BCUT2D eigenvalue weighted by atomic mass is 35.5. The van der Waals surface area contributed by atoms with Gasteiger partial charge in [-0.05, 0) is 42.6 Å². The van der Waals surface area contributed by atoms with E-state index < -0.39 is 22.8 Å². The van der Waals surface area contributed by atoms with Crippen molar-refractivity contribution < 1.29 is 17.6 Å². The zero-order valence-electron chi connectivity index (χ0n) is 23.0. The predicted molar refractivity (Wildman–Crippen MR) is 151 cm³/mol. The number of piperazine rings is 1. The molecule has 1 N–H and O–H groups in total. The number of rotatable bonds is 7. The first-order chi connectivity index (χ1) is 19.6. The van der Waals surface area contributed by atoms with E-state index in [2.05, 4.69) is 33.9 Å². The lowest BCUT2D eigenvalue weighted by Gasteiger charge is -2.45. The maximum Gasteiger partial charge on any atom is 0.352 e. The molecule has 7 rings (SSSR count). The molecular weight excluding hydrogens is 558 g/mol. The Balaban J connectivity index is 1.41. The number of fused-ring (bicyclic) bond motifs is 4. The molecule has 2 unspecified atom stereocenters. The predicted octanol–water partition coefficient (Wildman–Crippen LogP) is 5.13. The molecule has 4 heterocycles. The smallest absolute Gasteiger partial charge is 0.352 e. The summed E-state index contributed by atoms with van der Waals surface area (Å²) in [5.74, 6) is -3.26. The van der Waals surface area contributed by atoms with Gasteiger partial charge in [0.2, 0.25) is 5.95 Å². The maximum absolute atomic E-state index is 15.5. The van der Waals surface area contributed by atoms with Gasteiger partial charge in [0, 0.05) is 68.6 Å². The lowest BCUT2D eigenvalue weighted by Crippen LogP contribution is -2.60. The first kappa shape index (κ1) is 27.1. The number of halogens is 5. The van der Waals surface area contributed by atoms with E-state index in [-0.39, 0.29) is 28.3 Å². The van der Waals surface area contributed by atoms with Crippen LogP contribution in [0.25, 0.3) is 22.2 Å². The molecular formula is C29H32ClF4N7. The van der Waals surface area contributed by atoms with Gasteiger partial charge < -0.3 is 15.1 Å². The largest absolute Gasteiger partial charge is 0.353 e. The fourth-order valence-corrected chi connectivity index (χ4v) is 7.14. The van der Waals surface area contributed by atoms with E-state index in [0.717, 1.165) is 26.2 Å². The molecule has 0 amide bonds. The second-order valence-corrected chi connectivity index (χ2v) is 11.9. The Hall–Kier alpha value is -2.76. The number of hydrogen-bond acceptors (Lipinski definition) is 7. The number of nitrogens with zero attached hydrogens (tertiary/aromatic N) is 6. The van der Waals surface area contributed by atoms with Crippen LogP contribution in [-0.2, 0) is 11.3 Å². The molecule has 0 radical (unpaired) electrons. The number of pyridine rings is 1. The van der Waals surface area contributed by atoms with Crippen LogP contribution in [0, 0.1) is 5.92 Å². The van der Waals surface area contributed by atoms with Crippen LogP contribution in [0.3, 0.4) is 0 Å². The molecule has 2 atom stereocenters. The van der Waals surface area contributed by atoms with Crippen LogP contribution in [0.5, 0.6) is 0 Å². The number of alkyl halides is 5. The number of aromatic nitrogens is 3. The fraction of sp³-hybridized carbons (Fsp3) is 0.552. The van der Waals surface area contributed by atoms with Crippen molar-refractivity contribution in [3.8, 4) is 11.3 Å². The molecule has 3 aromatic rings. The first-order valence-corrected chi connectivity index (χ1v) is 14.7. The topological polar surface area (TPSA) is 60.4 Å². The van der Waals surface area contributed by atoms with Gasteiger partial charge >= 0.3 is 5.38 Å². The third-order valence-corrected chi connectivity index (χ3v) is 9.42. The third kappa shape index (κ3) is 4.26. The molecule has 2 aliphatic carbocycles. The van der Waals surface area contributed by atoms with Crippen LogP contribution < -0.4 is 15.1 Å². The maximum atomic E-state index is 15.5. The average Bonchev–Trinajstić information content (AvgIpc) is 3.71. The lowest BCUT2D eigenvalue weighted by molar-refractivity contribution is -0.0224. The summed E-state index contributed by atoms with van der Waals surface area (Å²) in [5, 5.41) is -0.165. The molecule has 41 heavy (non-hydrogen) atoms. The van der Waals surface area contributed by atoms with Crippen LogP contribution >= 0.6 is 11.6 Å². The summed E-state index contributed by atoms with van der Waals surface area (Å²) in [6.45, 7) is 10.2. The Morgan fingerprint density at radius 1 is 1.10 bits per heavy atom. The van der Waals surface area contributed by atoms with Crippen molar-refractivity contribution >= 4 is 34.3 Å². The van der Waals surface area contributed by atoms with E-state index in [1.54, 1.807) is 6.07 Å². The van der Waals surface area contributed by atoms with Gasteiger partial charge in [-0.2, -0.15) is 13.8 Å². The lowest BCUT2D eigenvalue weighted by atomic mass is 9.93. The molecule has 2 saturated heterocycles. The summed E-state index contributed by atoms with van der Waals surface area (Å²) in [6, 6.07) is 4.80. The van der Waals surface area contributed by atoms with Gasteiger partial charge in [0.25, 0.3) is 5.92 Å². The van der Waals surface area contributed by atoms with Crippen LogP contribution in [0.15, 0.2) is 24.4 Å². The van der Waals surface area contributed by atoms with Crippen molar-refractivity contribution in [2.75, 3.05) is 62.2 Å². The van der Waals surface area contributed by atoms with E-state index in [4.69, 9.17) is 21.6 Å². The minimum Gasteiger partial charge on any atom is -0.353 e. The Morgan fingerprint density at radius 2 is 1.83 bits per heavy atom. The van der Waals surface area contributed by atoms with E-state index in [1.165, 1.54) is 18.3 Å². The van der Waals surface area contributed by atoms with Gasteiger partial charge in [-0.3, -0.25) is 9.88 Å². The number of benzene rings is 1. The number of nitrogens with one attached hydrogen (secondary N) is 1. The van der Waals surface area contributed by atoms with Gasteiger partial charge in [0.15, 0.2) is 0 Å². The average molecular weight is 590 g/mol. The van der Waals surface area contributed by atoms with Crippen LogP contribution in [0.1, 0.15) is 42.9 Å². The van der Waals surface area contributed by atoms with E-state index in [1.807, 2.05) is 4.90 Å². The van der Waals surface area contributed by atoms with Crippen molar-refractivity contribution in [3.05, 3.63) is 41.1 Å². The van der Waals surface area contributed by atoms with Gasteiger partial charge in [-0.25, -0.2) is 13.8 Å². The normalized spacial score (nSPS) is 23.6. The summed E-state index contributed by atoms with van der Waals surface area (Å²) in [7, 11) is 0. The summed E-state index contributed by atoms with van der Waals surface area (Å²) in [5.41, 5.74) is -0.0715. The molecule has 7 nitrogen and oxygen atoms in total. The Kier molecular flexibility index (Phi) is 6.37. The molecule has 4 aliphatic rings. The SMILES string of the molecule is CCN(CC)C1CN(c2nc(N3CCNCC3)c3cnc(-c4cccc5c4C4CC4C5(F)F)c(C(F)(F)Cl)c3n2)C1. The fourth-order valence-electron chi connectivity index (χ4n) is 6.96. The van der Waals surface area contributed by atoms with Crippen LogP contribution in [0.4, 0.5) is 29.3 Å². The van der Waals surface area contributed by atoms with Gasteiger partial charge in [-0.15, -0.1) is 0 Å². The number of anilines is 2.